The van der Waals surface area contributed by atoms with Crippen LogP contribution in [0.2, 0.25) is 0 Å². The van der Waals surface area contributed by atoms with Gasteiger partial charge in [-0.15, -0.1) is 0 Å². The summed E-state index contributed by atoms with van der Waals surface area (Å²) in [6.07, 6.45) is -1.43. The Kier molecular flexibility index (Phi) is 3.09. The van der Waals surface area contributed by atoms with Gasteiger partial charge in [0, 0.05) is 0 Å². The number of amides is 2. The number of carbonyl (C=O) groups is 4. The maximum absolute atomic E-state index is 11.5. The van der Waals surface area contributed by atoms with Crippen LogP contribution in [0.1, 0.15) is 19.8 Å². The molecule has 1 fully saturated rings. The molecule has 0 aromatic rings. The zero-order chi connectivity index (χ0) is 12.5. The van der Waals surface area contributed by atoms with E-state index in [1.807, 2.05) is 0 Å². The van der Waals surface area contributed by atoms with Crippen LogP contribution in [0.4, 0.5) is 0 Å². The second kappa shape index (κ2) is 4.01. The molecule has 0 aliphatic carbocycles. The van der Waals surface area contributed by atoms with E-state index in [2.05, 4.69) is 0 Å². The number of aliphatic hydroxyl groups is 1. The fraction of sp³-hybridized carbons (Fsp3) is 0.556. The molecule has 7 heteroatoms. The van der Waals surface area contributed by atoms with E-state index in [0.29, 0.717) is 4.90 Å². The van der Waals surface area contributed by atoms with Gasteiger partial charge in [0.1, 0.15) is 5.78 Å². The van der Waals surface area contributed by atoms with Crippen LogP contribution >= 0.6 is 0 Å². The average molecular weight is 229 g/mol. The zero-order valence-corrected chi connectivity index (χ0v) is 8.60. The van der Waals surface area contributed by atoms with Crippen molar-refractivity contribution in [3.8, 4) is 0 Å². The Morgan fingerprint density at radius 2 is 2.00 bits per heavy atom. The van der Waals surface area contributed by atoms with Crippen molar-refractivity contribution < 1.29 is 29.4 Å². The molecule has 0 saturated carbocycles. The van der Waals surface area contributed by atoms with Crippen LogP contribution in [-0.2, 0) is 19.2 Å². The summed E-state index contributed by atoms with van der Waals surface area (Å²) in [6.45, 7) is 0.759. The van der Waals surface area contributed by atoms with Crippen LogP contribution < -0.4 is 0 Å². The van der Waals surface area contributed by atoms with E-state index in [1.54, 1.807) is 0 Å². The van der Waals surface area contributed by atoms with Gasteiger partial charge in [-0.1, -0.05) is 0 Å². The van der Waals surface area contributed by atoms with Gasteiger partial charge in [-0.2, -0.15) is 0 Å². The molecule has 0 radical (unpaired) electrons. The van der Waals surface area contributed by atoms with Crippen molar-refractivity contribution in [2.75, 3.05) is 6.54 Å². The predicted octanol–water partition coefficient (Wildman–Crippen LogP) is -1.46. The van der Waals surface area contributed by atoms with Crippen LogP contribution in [0.25, 0.3) is 0 Å². The normalized spacial score (nSPS) is 25.0. The van der Waals surface area contributed by atoms with E-state index < -0.39 is 48.6 Å². The number of carboxylic acid groups (broad SMARTS) is 1. The number of Topliss-reactive ketones (excluding diaryl/α,β-unsaturated/α-hetero) is 1. The number of carboxylic acids is 1. The van der Waals surface area contributed by atoms with Crippen LogP contribution in [-0.4, -0.2) is 50.8 Å². The number of rotatable bonds is 4. The number of aliphatic carboxylic acids is 1. The highest BCUT2D eigenvalue weighted by Gasteiger charge is 2.51. The minimum absolute atomic E-state index is 0.415. The second-order valence-corrected chi connectivity index (χ2v) is 3.77. The molecule has 0 spiro atoms. The van der Waals surface area contributed by atoms with Crippen molar-refractivity contribution in [1.82, 2.24) is 4.90 Å². The zero-order valence-electron chi connectivity index (χ0n) is 8.60. The van der Waals surface area contributed by atoms with Gasteiger partial charge in [-0.3, -0.25) is 24.1 Å². The molecule has 0 aromatic carbocycles. The van der Waals surface area contributed by atoms with Gasteiger partial charge in [0.25, 0.3) is 5.91 Å². The maximum Gasteiger partial charge on any atom is 0.306 e. The molecule has 1 atom stereocenters. The lowest BCUT2D eigenvalue weighted by atomic mass is 9.98. The van der Waals surface area contributed by atoms with E-state index in [9.17, 15) is 24.3 Å². The molecule has 1 rings (SSSR count). The number of ketones is 1. The summed E-state index contributed by atoms with van der Waals surface area (Å²) in [5.41, 5.74) is -2.21. The van der Waals surface area contributed by atoms with Crippen molar-refractivity contribution in [3.05, 3.63) is 0 Å². The predicted molar refractivity (Wildman–Crippen MR) is 49.2 cm³/mol. The molecule has 88 valence electrons. The Morgan fingerprint density at radius 1 is 1.44 bits per heavy atom. The molecule has 0 bridgehead atoms. The molecule has 16 heavy (non-hydrogen) atoms. The topological polar surface area (TPSA) is 112 Å². The summed E-state index contributed by atoms with van der Waals surface area (Å²) in [5.74, 6) is -3.55. The quantitative estimate of drug-likeness (QED) is 0.570. The summed E-state index contributed by atoms with van der Waals surface area (Å²) >= 11 is 0. The highest BCUT2D eigenvalue weighted by atomic mass is 16.4. The van der Waals surface area contributed by atoms with E-state index >= 15 is 0 Å². The smallest absolute Gasteiger partial charge is 0.306 e. The first kappa shape index (κ1) is 12.3. The van der Waals surface area contributed by atoms with Crippen LogP contribution in [0.5, 0.6) is 0 Å². The number of likely N-dealkylation sites (tertiary alicyclic amines) is 1. The summed E-state index contributed by atoms with van der Waals surface area (Å²) < 4.78 is 0. The van der Waals surface area contributed by atoms with Gasteiger partial charge < -0.3 is 10.2 Å². The van der Waals surface area contributed by atoms with Gasteiger partial charge in [0.05, 0.1) is 19.4 Å². The van der Waals surface area contributed by atoms with E-state index in [0.717, 1.165) is 0 Å². The second-order valence-electron chi connectivity index (χ2n) is 3.77. The van der Waals surface area contributed by atoms with Crippen LogP contribution in [0.15, 0.2) is 0 Å². The first-order valence-corrected chi connectivity index (χ1v) is 4.54. The highest BCUT2D eigenvalue weighted by Crippen LogP contribution is 2.27. The lowest BCUT2D eigenvalue weighted by Crippen LogP contribution is -2.43. The highest BCUT2D eigenvalue weighted by molar-refractivity contribution is 6.10. The van der Waals surface area contributed by atoms with E-state index in [4.69, 9.17) is 5.11 Å². The van der Waals surface area contributed by atoms with E-state index in [-0.39, 0.29) is 0 Å². The van der Waals surface area contributed by atoms with Gasteiger partial charge in [-0.25, -0.2) is 0 Å². The first-order chi connectivity index (χ1) is 7.26. The Hall–Kier alpha value is -1.76. The molecule has 1 aliphatic heterocycles. The molecule has 0 aromatic heterocycles. The minimum atomic E-state index is -2.21. The largest absolute Gasteiger partial charge is 0.481 e. The van der Waals surface area contributed by atoms with Gasteiger partial charge in [-0.05, 0) is 6.92 Å². The van der Waals surface area contributed by atoms with Crippen molar-refractivity contribution in [1.29, 1.82) is 0 Å². The molecule has 1 heterocycles. The Morgan fingerprint density at radius 3 is 2.44 bits per heavy atom. The summed E-state index contributed by atoms with van der Waals surface area (Å²) in [6, 6.07) is 0. The Labute approximate surface area is 90.6 Å². The number of nitrogens with zero attached hydrogens (tertiary/aromatic N) is 1. The average Bonchev–Trinajstić information content (AvgIpc) is 2.27. The lowest BCUT2D eigenvalue weighted by molar-refractivity contribution is -0.154. The minimum Gasteiger partial charge on any atom is -0.481 e. The van der Waals surface area contributed by atoms with Crippen LogP contribution in [0.3, 0.4) is 0 Å². The molecule has 1 unspecified atom stereocenters. The lowest BCUT2D eigenvalue weighted by Gasteiger charge is -2.18. The van der Waals surface area contributed by atoms with Crippen molar-refractivity contribution in [2.24, 2.45) is 0 Å². The van der Waals surface area contributed by atoms with E-state index in [1.165, 1.54) is 6.92 Å². The third kappa shape index (κ3) is 2.25. The van der Waals surface area contributed by atoms with Gasteiger partial charge in [0.15, 0.2) is 5.60 Å². The summed E-state index contributed by atoms with van der Waals surface area (Å²) in [4.78, 5) is 44.7. The summed E-state index contributed by atoms with van der Waals surface area (Å²) in [5, 5.41) is 18.2. The number of hydrogen-bond acceptors (Lipinski definition) is 5. The fourth-order valence-corrected chi connectivity index (χ4v) is 1.56. The molecule has 7 nitrogen and oxygen atoms in total. The number of hydrogen-bond donors (Lipinski definition) is 2. The third-order valence-electron chi connectivity index (χ3n) is 2.21. The van der Waals surface area contributed by atoms with Crippen molar-refractivity contribution in [2.45, 2.75) is 25.4 Å². The molecule has 2 N–H and O–H groups in total. The molecule has 2 amide bonds. The first-order valence-electron chi connectivity index (χ1n) is 4.54. The van der Waals surface area contributed by atoms with Gasteiger partial charge in [0.2, 0.25) is 5.91 Å². The summed E-state index contributed by atoms with van der Waals surface area (Å²) in [7, 11) is 0. The van der Waals surface area contributed by atoms with Crippen molar-refractivity contribution in [3.63, 3.8) is 0 Å². The molecule has 1 aliphatic rings. The Balaban J connectivity index is 2.88. The SMILES string of the molecule is CC(=O)CN1C(=O)CC(O)(CC(=O)O)C1=O. The molecular weight excluding hydrogens is 218 g/mol. The maximum atomic E-state index is 11.5. The standard InChI is InChI=1S/C9H11NO6/c1-5(11)4-10-6(12)2-9(16,8(10)15)3-7(13)14/h16H,2-4H2,1H3,(H,13,14). The number of imide groups is 1. The third-order valence-corrected chi connectivity index (χ3v) is 2.21. The molecule has 1 saturated heterocycles. The number of carbonyl (C=O) groups excluding carboxylic acids is 3. The monoisotopic (exact) mass is 229 g/mol. The molecular formula is C9H11NO6. The fourth-order valence-electron chi connectivity index (χ4n) is 1.56. The van der Waals surface area contributed by atoms with Crippen LogP contribution in [0, 0.1) is 0 Å². The van der Waals surface area contributed by atoms with Crippen molar-refractivity contribution >= 4 is 23.6 Å². The van der Waals surface area contributed by atoms with Gasteiger partial charge >= 0.3 is 5.97 Å². The Bertz CT molecular complexity index is 376.